The molecule has 0 saturated heterocycles. The molecule has 28 heavy (non-hydrogen) atoms. The van der Waals surface area contributed by atoms with Gasteiger partial charge in [0.05, 0.1) is 19.0 Å². The van der Waals surface area contributed by atoms with Crippen LogP contribution in [0.25, 0.3) is 11.2 Å². The monoisotopic (exact) mass is 402 g/mol. The van der Waals surface area contributed by atoms with Gasteiger partial charge in [0.25, 0.3) is 0 Å². The number of anilines is 2. The number of aromatic nitrogens is 4. The third kappa shape index (κ3) is 4.54. The Balaban J connectivity index is 1.95. The van der Waals surface area contributed by atoms with Crippen molar-refractivity contribution in [2.75, 3.05) is 17.2 Å². The molecule has 0 spiro atoms. The largest absolute Gasteiger partial charge is 0.394 e. The van der Waals surface area contributed by atoms with E-state index in [1.807, 2.05) is 42.7 Å². The molecule has 0 bridgehead atoms. The minimum Gasteiger partial charge on any atom is -0.394 e. The average molecular weight is 403 g/mol. The van der Waals surface area contributed by atoms with E-state index in [1.165, 1.54) is 0 Å². The summed E-state index contributed by atoms with van der Waals surface area (Å²) in [5.74, 6) is 1.37. The topological polar surface area (TPSA) is 87.9 Å². The summed E-state index contributed by atoms with van der Waals surface area (Å²) in [5.41, 5.74) is 2.56. The maximum Gasteiger partial charge on any atom is 0.227 e. The molecule has 8 heteroatoms. The van der Waals surface area contributed by atoms with E-state index in [-0.39, 0.29) is 24.6 Å². The summed E-state index contributed by atoms with van der Waals surface area (Å²) < 4.78 is 2.01. The second kappa shape index (κ2) is 8.75. The first-order valence-corrected chi connectivity index (χ1v) is 9.87. The Morgan fingerprint density at radius 1 is 1.11 bits per heavy atom. The fourth-order valence-electron chi connectivity index (χ4n) is 2.86. The number of aliphatic hydroxyl groups is 1. The number of imidazole rings is 1. The lowest BCUT2D eigenvalue weighted by molar-refractivity contribution is 0.248. The maximum absolute atomic E-state index is 9.66. The fraction of sp³-hybridized carbons (Fsp3) is 0.450. The van der Waals surface area contributed by atoms with Gasteiger partial charge in [0.1, 0.15) is 0 Å². The predicted octanol–water partition coefficient (Wildman–Crippen LogP) is 4.10. The SMILES string of the molecule is CC(C)C(CO)Nc1nc(NCc2ccc(Cl)cc2)c2ncn(C(C)C)c2n1. The highest BCUT2D eigenvalue weighted by Crippen LogP contribution is 2.24. The molecule has 0 saturated carbocycles. The Hall–Kier alpha value is -2.38. The molecule has 150 valence electrons. The summed E-state index contributed by atoms with van der Waals surface area (Å²) in [5, 5.41) is 17.0. The van der Waals surface area contributed by atoms with Crippen LogP contribution in [0.2, 0.25) is 5.02 Å². The van der Waals surface area contributed by atoms with Crippen LogP contribution in [0.5, 0.6) is 0 Å². The lowest BCUT2D eigenvalue weighted by atomic mass is 10.1. The van der Waals surface area contributed by atoms with Crippen LogP contribution in [-0.2, 0) is 6.54 Å². The Morgan fingerprint density at radius 2 is 1.82 bits per heavy atom. The Morgan fingerprint density at radius 3 is 2.43 bits per heavy atom. The van der Waals surface area contributed by atoms with Gasteiger partial charge in [-0.15, -0.1) is 0 Å². The Labute approximate surface area is 170 Å². The van der Waals surface area contributed by atoms with Crippen molar-refractivity contribution in [1.82, 2.24) is 19.5 Å². The van der Waals surface area contributed by atoms with E-state index in [1.54, 1.807) is 6.33 Å². The van der Waals surface area contributed by atoms with E-state index in [4.69, 9.17) is 11.6 Å². The molecule has 0 radical (unpaired) electrons. The normalized spacial score (nSPS) is 12.7. The zero-order valence-corrected chi connectivity index (χ0v) is 17.4. The van der Waals surface area contributed by atoms with Crippen LogP contribution in [0.1, 0.15) is 39.3 Å². The van der Waals surface area contributed by atoms with Gasteiger partial charge in [-0.1, -0.05) is 37.6 Å². The van der Waals surface area contributed by atoms with Gasteiger partial charge in [-0.25, -0.2) is 4.98 Å². The van der Waals surface area contributed by atoms with Crippen molar-refractivity contribution in [3.8, 4) is 0 Å². The van der Waals surface area contributed by atoms with E-state index < -0.39 is 0 Å². The van der Waals surface area contributed by atoms with E-state index in [0.29, 0.717) is 23.3 Å². The number of hydrogen-bond donors (Lipinski definition) is 3. The number of halogens is 1. The molecule has 1 unspecified atom stereocenters. The van der Waals surface area contributed by atoms with Gasteiger partial charge in [0, 0.05) is 17.6 Å². The minimum absolute atomic E-state index is 0.00996. The van der Waals surface area contributed by atoms with Crippen LogP contribution in [0.15, 0.2) is 30.6 Å². The highest BCUT2D eigenvalue weighted by Gasteiger charge is 2.18. The van der Waals surface area contributed by atoms with Gasteiger partial charge in [-0.2, -0.15) is 9.97 Å². The van der Waals surface area contributed by atoms with E-state index >= 15 is 0 Å². The second-order valence-corrected chi connectivity index (χ2v) is 7.91. The smallest absolute Gasteiger partial charge is 0.227 e. The number of nitrogens with zero attached hydrogens (tertiary/aromatic N) is 4. The van der Waals surface area contributed by atoms with Crippen molar-refractivity contribution >= 4 is 34.5 Å². The number of benzene rings is 1. The van der Waals surface area contributed by atoms with Crippen molar-refractivity contribution in [2.24, 2.45) is 5.92 Å². The summed E-state index contributed by atoms with van der Waals surface area (Å²) in [7, 11) is 0. The van der Waals surface area contributed by atoms with Gasteiger partial charge in [0.15, 0.2) is 17.0 Å². The molecule has 1 aromatic carbocycles. The molecule has 7 nitrogen and oxygen atoms in total. The lowest BCUT2D eigenvalue weighted by Gasteiger charge is -2.20. The summed E-state index contributed by atoms with van der Waals surface area (Å²) in [6.07, 6.45) is 1.78. The zero-order chi connectivity index (χ0) is 20.3. The average Bonchev–Trinajstić information content (AvgIpc) is 3.09. The fourth-order valence-corrected chi connectivity index (χ4v) is 2.99. The van der Waals surface area contributed by atoms with Crippen LogP contribution < -0.4 is 10.6 Å². The molecule has 2 heterocycles. The third-order valence-corrected chi connectivity index (χ3v) is 4.92. The summed E-state index contributed by atoms with van der Waals surface area (Å²) in [4.78, 5) is 13.8. The van der Waals surface area contributed by atoms with Crippen molar-refractivity contribution in [1.29, 1.82) is 0 Å². The molecular formula is C20H27ClN6O. The van der Waals surface area contributed by atoms with Crippen LogP contribution in [-0.4, -0.2) is 37.3 Å². The molecule has 0 fully saturated rings. The number of hydrogen-bond acceptors (Lipinski definition) is 6. The molecule has 3 N–H and O–H groups in total. The molecule has 2 aromatic heterocycles. The third-order valence-electron chi connectivity index (χ3n) is 4.67. The van der Waals surface area contributed by atoms with Crippen LogP contribution in [0, 0.1) is 5.92 Å². The van der Waals surface area contributed by atoms with E-state index in [9.17, 15) is 5.11 Å². The minimum atomic E-state index is -0.128. The number of aliphatic hydroxyl groups excluding tert-OH is 1. The van der Waals surface area contributed by atoms with Crippen LogP contribution in [0.3, 0.4) is 0 Å². The summed E-state index contributed by atoms with van der Waals surface area (Å²) in [6.45, 7) is 8.86. The lowest BCUT2D eigenvalue weighted by Crippen LogP contribution is -2.30. The molecule has 0 aliphatic carbocycles. The predicted molar refractivity (Wildman–Crippen MR) is 114 cm³/mol. The van der Waals surface area contributed by atoms with Gasteiger partial charge >= 0.3 is 0 Å². The van der Waals surface area contributed by atoms with E-state index in [0.717, 1.165) is 16.7 Å². The van der Waals surface area contributed by atoms with Gasteiger partial charge in [-0.05, 0) is 37.5 Å². The second-order valence-electron chi connectivity index (χ2n) is 7.47. The molecular weight excluding hydrogens is 376 g/mol. The highest BCUT2D eigenvalue weighted by molar-refractivity contribution is 6.30. The molecule has 3 rings (SSSR count). The van der Waals surface area contributed by atoms with Crippen molar-refractivity contribution in [3.05, 3.63) is 41.2 Å². The maximum atomic E-state index is 9.66. The van der Waals surface area contributed by atoms with Gasteiger partial charge in [-0.3, -0.25) is 0 Å². The molecule has 3 aromatic rings. The van der Waals surface area contributed by atoms with Gasteiger partial charge < -0.3 is 20.3 Å². The van der Waals surface area contributed by atoms with Crippen molar-refractivity contribution in [3.63, 3.8) is 0 Å². The summed E-state index contributed by atoms with van der Waals surface area (Å²) in [6, 6.07) is 7.76. The first kappa shape index (κ1) is 20.4. The summed E-state index contributed by atoms with van der Waals surface area (Å²) >= 11 is 5.97. The molecule has 0 aliphatic heterocycles. The molecule has 0 aliphatic rings. The first-order chi connectivity index (χ1) is 13.4. The van der Waals surface area contributed by atoms with E-state index in [2.05, 4.69) is 39.4 Å². The van der Waals surface area contributed by atoms with Crippen LogP contribution in [0.4, 0.5) is 11.8 Å². The molecule has 1 atom stereocenters. The standard InChI is InChI=1S/C20H27ClN6O/c1-12(2)16(10-28)24-20-25-18(22-9-14-5-7-15(21)8-6-14)17-19(26-20)27(11-23-17)13(3)4/h5-8,11-13,16,28H,9-10H2,1-4H3,(H2,22,24,25,26). The first-order valence-electron chi connectivity index (χ1n) is 9.49. The number of fused-ring (bicyclic) bond motifs is 1. The Kier molecular flexibility index (Phi) is 6.36. The zero-order valence-electron chi connectivity index (χ0n) is 16.6. The van der Waals surface area contributed by atoms with Gasteiger partial charge in [0.2, 0.25) is 5.95 Å². The quantitative estimate of drug-likeness (QED) is 0.525. The Bertz CT molecular complexity index is 922. The highest BCUT2D eigenvalue weighted by atomic mass is 35.5. The molecule has 0 amide bonds. The van der Waals surface area contributed by atoms with Crippen LogP contribution >= 0.6 is 11.6 Å². The van der Waals surface area contributed by atoms with Crippen molar-refractivity contribution < 1.29 is 5.11 Å². The number of nitrogens with one attached hydrogen (secondary N) is 2. The number of rotatable bonds is 8. The van der Waals surface area contributed by atoms with Crippen molar-refractivity contribution in [2.45, 2.75) is 46.3 Å².